The highest BCUT2D eigenvalue weighted by Gasteiger charge is 2.50. The zero-order valence-electron chi connectivity index (χ0n) is 17.2. The van der Waals surface area contributed by atoms with Crippen LogP contribution in [0.25, 0.3) is 0 Å². The summed E-state index contributed by atoms with van der Waals surface area (Å²) < 4.78 is 5.91. The molecule has 2 N–H and O–H groups in total. The molecule has 5 rings (SSSR count). The molecule has 1 heterocycles. The summed E-state index contributed by atoms with van der Waals surface area (Å²) in [6, 6.07) is 8.06. The molecule has 154 valence electrons. The van der Waals surface area contributed by atoms with Gasteiger partial charge in [0.1, 0.15) is 12.6 Å². The van der Waals surface area contributed by atoms with E-state index in [1.165, 1.54) is 29.0 Å². The second kappa shape index (κ2) is 8.35. The SMILES string of the molecule is CC1(C)[C@@H]2CC=C(COC[C@@H](O)C[NH+]3CCN(c4cccc(Cl)c4)CC3)[C@H]1C2. The largest absolute Gasteiger partial charge is 0.385 e. The van der Waals surface area contributed by atoms with E-state index in [4.69, 9.17) is 16.3 Å². The quantitative estimate of drug-likeness (QED) is 0.684. The summed E-state index contributed by atoms with van der Waals surface area (Å²) in [5, 5.41) is 11.2. The van der Waals surface area contributed by atoms with Gasteiger partial charge < -0.3 is 19.6 Å². The maximum absolute atomic E-state index is 10.4. The second-order valence-electron chi connectivity index (χ2n) is 9.41. The van der Waals surface area contributed by atoms with E-state index in [9.17, 15) is 5.11 Å². The zero-order chi connectivity index (χ0) is 19.7. The van der Waals surface area contributed by atoms with Crippen molar-refractivity contribution in [3.8, 4) is 0 Å². The number of aliphatic hydroxyl groups is 1. The number of hydrogen-bond acceptors (Lipinski definition) is 3. The first-order valence-corrected chi connectivity index (χ1v) is 11.1. The molecule has 1 aromatic rings. The standard InChI is InChI=1S/C23H33ClN2O2/c1-23(2)18-7-6-17(22(23)12-18)15-28-16-21(27)14-25-8-10-26(11-9-25)20-5-3-4-19(24)13-20/h3-6,13,18,21-22,27H,7-12,14-16H2,1-2H3/p+1/t18-,21+,22-/m1/s1. The fraction of sp³-hybridized carbons (Fsp3) is 0.652. The number of hydrogen-bond donors (Lipinski definition) is 2. The van der Waals surface area contributed by atoms with Gasteiger partial charge in [0.05, 0.1) is 39.4 Å². The van der Waals surface area contributed by atoms with E-state index < -0.39 is 0 Å². The number of ether oxygens (including phenoxy) is 1. The highest BCUT2D eigenvalue weighted by atomic mass is 35.5. The van der Waals surface area contributed by atoms with E-state index in [0.29, 0.717) is 24.5 Å². The third kappa shape index (κ3) is 4.25. The molecule has 1 saturated carbocycles. The Kier molecular flexibility index (Phi) is 6.03. The van der Waals surface area contributed by atoms with Gasteiger partial charge in [0.15, 0.2) is 0 Å². The molecule has 3 atom stereocenters. The van der Waals surface area contributed by atoms with Crippen LogP contribution in [0.4, 0.5) is 5.69 Å². The van der Waals surface area contributed by atoms with Crippen LogP contribution in [0.15, 0.2) is 35.9 Å². The normalized spacial score (nSPS) is 27.9. The molecule has 0 amide bonds. The third-order valence-electron chi connectivity index (χ3n) is 7.33. The fourth-order valence-corrected chi connectivity index (χ4v) is 5.49. The topological polar surface area (TPSA) is 37.1 Å². The van der Waals surface area contributed by atoms with Gasteiger partial charge in [-0.25, -0.2) is 0 Å². The second-order valence-corrected chi connectivity index (χ2v) is 9.85. The number of quaternary nitrogens is 1. The van der Waals surface area contributed by atoms with Crippen molar-refractivity contribution in [3.05, 3.63) is 40.9 Å². The summed E-state index contributed by atoms with van der Waals surface area (Å²) >= 11 is 6.11. The average Bonchev–Trinajstić information content (AvgIpc) is 2.68. The maximum atomic E-state index is 10.4. The molecule has 5 heteroatoms. The minimum atomic E-state index is -0.390. The van der Waals surface area contributed by atoms with Gasteiger partial charge in [0.2, 0.25) is 0 Å². The molecule has 4 aliphatic rings. The lowest BCUT2D eigenvalue weighted by Crippen LogP contribution is -3.16. The van der Waals surface area contributed by atoms with E-state index in [1.807, 2.05) is 18.2 Å². The fourth-order valence-electron chi connectivity index (χ4n) is 5.30. The van der Waals surface area contributed by atoms with E-state index in [1.54, 1.807) is 0 Å². The molecule has 0 unspecified atom stereocenters. The number of nitrogens with one attached hydrogen (secondary N) is 1. The van der Waals surface area contributed by atoms with Crippen molar-refractivity contribution in [2.45, 2.75) is 32.8 Å². The smallest absolute Gasteiger partial charge is 0.126 e. The Balaban J connectivity index is 1.16. The van der Waals surface area contributed by atoms with Crippen molar-refractivity contribution in [3.63, 3.8) is 0 Å². The number of fused-ring (bicyclic) bond motifs is 1. The molecular weight excluding hydrogens is 372 g/mol. The summed E-state index contributed by atoms with van der Waals surface area (Å²) in [6.07, 6.45) is 4.52. The summed E-state index contributed by atoms with van der Waals surface area (Å²) in [5.41, 5.74) is 3.10. The number of rotatable bonds is 7. The van der Waals surface area contributed by atoms with Gasteiger partial charge in [-0.15, -0.1) is 0 Å². The van der Waals surface area contributed by atoms with Crippen molar-refractivity contribution in [2.24, 2.45) is 17.3 Å². The van der Waals surface area contributed by atoms with Gasteiger partial charge in [-0.1, -0.05) is 37.6 Å². The highest BCUT2D eigenvalue weighted by molar-refractivity contribution is 6.30. The first kappa shape index (κ1) is 20.2. The predicted octanol–water partition coefficient (Wildman–Crippen LogP) is 2.41. The Morgan fingerprint density at radius 2 is 2.11 bits per heavy atom. The Morgan fingerprint density at radius 1 is 1.32 bits per heavy atom. The van der Waals surface area contributed by atoms with Crippen molar-refractivity contribution in [2.75, 3.05) is 50.8 Å². The summed E-state index contributed by atoms with van der Waals surface area (Å²) in [5.74, 6) is 1.55. The monoisotopic (exact) mass is 405 g/mol. The van der Waals surface area contributed by atoms with Crippen LogP contribution < -0.4 is 9.80 Å². The van der Waals surface area contributed by atoms with Crippen LogP contribution in [-0.2, 0) is 4.74 Å². The van der Waals surface area contributed by atoms with Gasteiger partial charge in [0.25, 0.3) is 0 Å². The van der Waals surface area contributed by atoms with E-state index in [0.717, 1.165) is 43.7 Å². The summed E-state index contributed by atoms with van der Waals surface area (Å²) in [6.45, 7) is 10.7. The van der Waals surface area contributed by atoms with Crippen LogP contribution in [-0.4, -0.2) is 57.1 Å². The molecule has 1 aliphatic heterocycles. The zero-order valence-corrected chi connectivity index (χ0v) is 17.9. The Morgan fingerprint density at radius 3 is 2.79 bits per heavy atom. The lowest BCUT2D eigenvalue weighted by Gasteiger charge is -2.56. The summed E-state index contributed by atoms with van der Waals surface area (Å²) in [4.78, 5) is 3.83. The van der Waals surface area contributed by atoms with Crippen LogP contribution >= 0.6 is 11.6 Å². The van der Waals surface area contributed by atoms with Gasteiger partial charge >= 0.3 is 0 Å². The molecule has 0 spiro atoms. The number of allylic oxidation sites excluding steroid dienone is 1. The molecule has 28 heavy (non-hydrogen) atoms. The minimum Gasteiger partial charge on any atom is -0.385 e. The average molecular weight is 406 g/mol. The van der Waals surface area contributed by atoms with Crippen LogP contribution in [0, 0.1) is 17.3 Å². The third-order valence-corrected chi connectivity index (χ3v) is 7.56. The van der Waals surface area contributed by atoms with Crippen LogP contribution in [0.2, 0.25) is 5.02 Å². The maximum Gasteiger partial charge on any atom is 0.126 e. The van der Waals surface area contributed by atoms with Crippen LogP contribution in [0.1, 0.15) is 26.7 Å². The number of benzene rings is 1. The lowest BCUT2D eigenvalue weighted by atomic mass is 9.49. The van der Waals surface area contributed by atoms with Gasteiger partial charge in [-0.05, 0) is 53.9 Å². The molecule has 2 fully saturated rings. The van der Waals surface area contributed by atoms with Crippen molar-refractivity contribution in [1.82, 2.24) is 0 Å². The lowest BCUT2D eigenvalue weighted by molar-refractivity contribution is -0.903. The van der Waals surface area contributed by atoms with Crippen molar-refractivity contribution >= 4 is 17.3 Å². The molecule has 0 aromatic heterocycles. The number of nitrogens with zero attached hydrogens (tertiary/aromatic N) is 1. The van der Waals surface area contributed by atoms with Crippen LogP contribution in [0.3, 0.4) is 0 Å². The van der Waals surface area contributed by atoms with Crippen molar-refractivity contribution < 1.29 is 14.7 Å². The van der Waals surface area contributed by atoms with Gasteiger partial charge in [-0.3, -0.25) is 0 Å². The molecule has 1 aromatic carbocycles. The Hall–Kier alpha value is -1.07. The van der Waals surface area contributed by atoms with Crippen molar-refractivity contribution in [1.29, 1.82) is 0 Å². The molecule has 1 saturated heterocycles. The number of anilines is 1. The van der Waals surface area contributed by atoms with Crippen LogP contribution in [0.5, 0.6) is 0 Å². The molecule has 3 aliphatic carbocycles. The number of aliphatic hydroxyl groups excluding tert-OH is 1. The molecule has 2 bridgehead atoms. The summed E-state index contributed by atoms with van der Waals surface area (Å²) in [7, 11) is 0. The Labute approximate surface area is 174 Å². The highest BCUT2D eigenvalue weighted by Crippen LogP contribution is 2.59. The van der Waals surface area contributed by atoms with E-state index >= 15 is 0 Å². The minimum absolute atomic E-state index is 0.390. The predicted molar refractivity (Wildman–Crippen MR) is 114 cm³/mol. The van der Waals surface area contributed by atoms with E-state index in [2.05, 4.69) is 30.9 Å². The Bertz CT molecular complexity index is 712. The first-order valence-electron chi connectivity index (χ1n) is 10.7. The van der Waals surface area contributed by atoms with E-state index in [-0.39, 0.29) is 6.10 Å². The molecular formula is C23H34ClN2O2+. The molecule has 4 nitrogen and oxygen atoms in total. The molecule has 0 radical (unpaired) electrons. The number of halogens is 1. The number of piperazine rings is 1. The van der Waals surface area contributed by atoms with Gasteiger partial charge in [0, 0.05) is 10.7 Å². The van der Waals surface area contributed by atoms with Gasteiger partial charge in [-0.2, -0.15) is 0 Å². The first-order chi connectivity index (χ1) is 13.4.